The topological polar surface area (TPSA) is 68.1 Å². The molecule has 1 aromatic heterocycles. The van der Waals surface area contributed by atoms with Gasteiger partial charge in [0.05, 0.1) is 4.92 Å². The molecular weight excluding hydrogens is 274 g/mol. The van der Waals surface area contributed by atoms with Crippen LogP contribution in [0.25, 0.3) is 0 Å². The number of nitro benzene ring substituents is 1. The van der Waals surface area contributed by atoms with Gasteiger partial charge in [0.15, 0.2) is 0 Å². The largest absolute Gasteiger partial charge is 0.304 e. The van der Waals surface area contributed by atoms with Crippen LogP contribution in [-0.2, 0) is 6.54 Å². The molecule has 1 aromatic carbocycles. The summed E-state index contributed by atoms with van der Waals surface area (Å²) in [4.78, 5) is 15.0. The fraction of sp³-hybridized carbons (Fsp3) is 0.357. The van der Waals surface area contributed by atoms with E-state index in [1.165, 1.54) is 0 Å². The van der Waals surface area contributed by atoms with E-state index in [0.29, 0.717) is 12.1 Å². The summed E-state index contributed by atoms with van der Waals surface area (Å²) in [7, 11) is 0. The number of aryl methyl sites for hydroxylation is 2. The number of hydrogen-bond acceptors (Lipinski definition) is 5. The van der Waals surface area contributed by atoms with Gasteiger partial charge < -0.3 is 5.32 Å². The molecule has 0 saturated carbocycles. The fourth-order valence-corrected chi connectivity index (χ4v) is 2.66. The van der Waals surface area contributed by atoms with Gasteiger partial charge in [-0.25, -0.2) is 4.98 Å². The highest BCUT2D eigenvalue weighted by atomic mass is 32.1. The van der Waals surface area contributed by atoms with Crippen molar-refractivity contribution in [2.75, 3.05) is 0 Å². The van der Waals surface area contributed by atoms with Crippen LogP contribution in [0.4, 0.5) is 5.69 Å². The second-order valence-electron chi connectivity index (χ2n) is 4.79. The molecule has 0 amide bonds. The summed E-state index contributed by atoms with van der Waals surface area (Å²) >= 11 is 1.62. The maximum atomic E-state index is 11.0. The summed E-state index contributed by atoms with van der Waals surface area (Å²) in [6.07, 6.45) is 0. The number of nitrogens with zero attached hydrogens (tertiary/aromatic N) is 2. The van der Waals surface area contributed by atoms with Crippen LogP contribution in [0, 0.1) is 24.0 Å². The van der Waals surface area contributed by atoms with Gasteiger partial charge in [0.25, 0.3) is 5.69 Å². The molecule has 0 aliphatic carbocycles. The lowest BCUT2D eigenvalue weighted by atomic mass is 10.0. The minimum absolute atomic E-state index is 0.0403. The van der Waals surface area contributed by atoms with Gasteiger partial charge in [-0.15, -0.1) is 11.3 Å². The van der Waals surface area contributed by atoms with Crippen LogP contribution in [-0.4, -0.2) is 9.91 Å². The number of nitrogens with one attached hydrogen (secondary N) is 1. The van der Waals surface area contributed by atoms with Gasteiger partial charge in [0.1, 0.15) is 5.01 Å². The van der Waals surface area contributed by atoms with Crippen LogP contribution in [0.15, 0.2) is 23.6 Å². The molecule has 6 heteroatoms. The number of thiazole rings is 1. The van der Waals surface area contributed by atoms with Crippen molar-refractivity contribution in [1.82, 2.24) is 10.3 Å². The zero-order valence-electron chi connectivity index (χ0n) is 11.7. The predicted octanol–water partition coefficient (Wildman–Crippen LogP) is 3.52. The number of rotatable bonds is 5. The molecule has 1 unspecified atom stereocenters. The van der Waals surface area contributed by atoms with Crippen molar-refractivity contribution < 1.29 is 4.92 Å². The molecule has 0 aliphatic heterocycles. The van der Waals surface area contributed by atoms with E-state index in [-0.39, 0.29) is 16.7 Å². The minimum atomic E-state index is -0.338. The first-order valence-electron chi connectivity index (χ1n) is 6.36. The quantitative estimate of drug-likeness (QED) is 0.676. The molecule has 106 valence electrons. The highest BCUT2D eigenvalue weighted by Crippen LogP contribution is 2.23. The number of benzene rings is 1. The number of nitro groups is 1. The lowest BCUT2D eigenvalue weighted by Gasteiger charge is -2.13. The second-order valence-corrected chi connectivity index (χ2v) is 5.73. The summed E-state index contributed by atoms with van der Waals surface area (Å²) in [5, 5.41) is 17.3. The molecule has 0 fully saturated rings. The molecular formula is C14H17N3O2S. The van der Waals surface area contributed by atoms with Crippen molar-refractivity contribution in [1.29, 1.82) is 0 Å². The third-order valence-electron chi connectivity index (χ3n) is 3.16. The van der Waals surface area contributed by atoms with Crippen LogP contribution in [0.5, 0.6) is 0 Å². The summed E-state index contributed by atoms with van der Waals surface area (Å²) in [6, 6.07) is 5.39. The van der Waals surface area contributed by atoms with Crippen LogP contribution in [0.2, 0.25) is 0 Å². The second kappa shape index (κ2) is 6.11. The van der Waals surface area contributed by atoms with Gasteiger partial charge >= 0.3 is 0 Å². The van der Waals surface area contributed by atoms with Crippen molar-refractivity contribution in [3.63, 3.8) is 0 Å². The molecule has 0 saturated heterocycles. The SMILES string of the molecule is Cc1csc(CNC(C)c2ccc(C)c([N+](=O)[O-])c2)n1. The molecule has 1 atom stereocenters. The molecule has 1 heterocycles. The van der Waals surface area contributed by atoms with Gasteiger partial charge in [0.2, 0.25) is 0 Å². The lowest BCUT2D eigenvalue weighted by molar-refractivity contribution is -0.385. The van der Waals surface area contributed by atoms with Gasteiger partial charge in [-0.2, -0.15) is 0 Å². The van der Waals surface area contributed by atoms with Crippen molar-refractivity contribution in [3.8, 4) is 0 Å². The van der Waals surface area contributed by atoms with Crippen LogP contribution < -0.4 is 5.32 Å². The van der Waals surface area contributed by atoms with E-state index in [1.54, 1.807) is 30.4 Å². The van der Waals surface area contributed by atoms with E-state index in [4.69, 9.17) is 0 Å². The summed E-state index contributed by atoms with van der Waals surface area (Å²) in [5.74, 6) is 0. The Morgan fingerprint density at radius 1 is 1.45 bits per heavy atom. The summed E-state index contributed by atoms with van der Waals surface area (Å²) < 4.78 is 0. The summed E-state index contributed by atoms with van der Waals surface area (Å²) in [6.45, 7) is 6.38. The smallest absolute Gasteiger partial charge is 0.272 e. The minimum Gasteiger partial charge on any atom is -0.304 e. The third kappa shape index (κ3) is 3.40. The third-order valence-corrected chi connectivity index (χ3v) is 4.12. The van der Waals surface area contributed by atoms with Crippen LogP contribution >= 0.6 is 11.3 Å². The zero-order valence-corrected chi connectivity index (χ0v) is 12.5. The summed E-state index contributed by atoms with van der Waals surface area (Å²) in [5.41, 5.74) is 2.78. The van der Waals surface area contributed by atoms with E-state index in [1.807, 2.05) is 25.3 Å². The lowest BCUT2D eigenvalue weighted by Crippen LogP contribution is -2.18. The highest BCUT2D eigenvalue weighted by Gasteiger charge is 2.14. The molecule has 0 aliphatic rings. The highest BCUT2D eigenvalue weighted by molar-refractivity contribution is 7.09. The van der Waals surface area contributed by atoms with Crippen molar-refractivity contribution >= 4 is 17.0 Å². The van der Waals surface area contributed by atoms with Crippen molar-refractivity contribution in [2.24, 2.45) is 0 Å². The molecule has 0 spiro atoms. The first-order valence-corrected chi connectivity index (χ1v) is 7.24. The Morgan fingerprint density at radius 2 is 2.20 bits per heavy atom. The molecule has 20 heavy (non-hydrogen) atoms. The maximum Gasteiger partial charge on any atom is 0.272 e. The van der Waals surface area contributed by atoms with Gasteiger partial charge in [-0.05, 0) is 26.3 Å². The van der Waals surface area contributed by atoms with E-state index in [9.17, 15) is 10.1 Å². The van der Waals surface area contributed by atoms with Gasteiger partial charge in [0, 0.05) is 35.3 Å². The molecule has 5 nitrogen and oxygen atoms in total. The maximum absolute atomic E-state index is 11.0. The Balaban J connectivity index is 2.07. The van der Waals surface area contributed by atoms with E-state index in [0.717, 1.165) is 16.3 Å². The molecule has 2 aromatic rings. The van der Waals surface area contributed by atoms with E-state index >= 15 is 0 Å². The predicted molar refractivity (Wildman–Crippen MR) is 79.9 cm³/mol. The number of aromatic nitrogens is 1. The fourth-order valence-electron chi connectivity index (χ4n) is 1.93. The molecule has 1 N–H and O–H groups in total. The van der Waals surface area contributed by atoms with Crippen LogP contribution in [0.1, 0.15) is 34.8 Å². The Kier molecular flexibility index (Phi) is 4.46. The van der Waals surface area contributed by atoms with Gasteiger partial charge in [-0.1, -0.05) is 12.1 Å². The van der Waals surface area contributed by atoms with Crippen LogP contribution in [0.3, 0.4) is 0 Å². The normalized spacial score (nSPS) is 12.3. The monoisotopic (exact) mass is 291 g/mol. The molecule has 0 radical (unpaired) electrons. The zero-order chi connectivity index (χ0) is 14.7. The number of hydrogen-bond donors (Lipinski definition) is 1. The Morgan fingerprint density at radius 3 is 2.80 bits per heavy atom. The first kappa shape index (κ1) is 14.6. The van der Waals surface area contributed by atoms with Gasteiger partial charge in [-0.3, -0.25) is 10.1 Å². The van der Waals surface area contributed by atoms with Crippen molar-refractivity contribution in [3.05, 3.63) is 55.5 Å². The Bertz CT molecular complexity index is 625. The van der Waals surface area contributed by atoms with E-state index in [2.05, 4.69) is 10.3 Å². The van der Waals surface area contributed by atoms with E-state index < -0.39 is 0 Å². The average molecular weight is 291 g/mol. The Labute approximate surface area is 121 Å². The molecule has 2 rings (SSSR count). The average Bonchev–Trinajstić information content (AvgIpc) is 2.82. The standard InChI is InChI=1S/C14H17N3O2S/c1-9-4-5-12(6-13(9)17(18)19)11(3)15-7-14-16-10(2)8-20-14/h4-6,8,11,15H,7H2,1-3H3. The van der Waals surface area contributed by atoms with Crippen molar-refractivity contribution in [2.45, 2.75) is 33.4 Å². The molecule has 0 bridgehead atoms. The Hall–Kier alpha value is -1.79. The first-order chi connectivity index (χ1) is 9.47.